The number of hydrogen-bond donors (Lipinski definition) is 1. The lowest BCUT2D eigenvalue weighted by Crippen LogP contribution is -2.25. The second-order valence-corrected chi connectivity index (χ2v) is 4.42. The van der Waals surface area contributed by atoms with E-state index in [1.807, 2.05) is 0 Å². The molecule has 0 aliphatic carbocycles. The van der Waals surface area contributed by atoms with E-state index in [9.17, 15) is 9.59 Å². The fourth-order valence-electron chi connectivity index (χ4n) is 0.954. The third-order valence-electron chi connectivity index (χ3n) is 1.95. The van der Waals surface area contributed by atoms with Gasteiger partial charge >= 0.3 is 5.97 Å². The highest BCUT2D eigenvalue weighted by Crippen LogP contribution is 2.20. The molecule has 0 radical (unpaired) electrons. The number of carboxylic acid groups (broad SMARTS) is 1. The van der Waals surface area contributed by atoms with Gasteiger partial charge in [-0.1, -0.05) is 0 Å². The summed E-state index contributed by atoms with van der Waals surface area (Å²) in [6, 6.07) is 3.37. The smallest absolute Gasteiger partial charge is 0.316 e. The SMILES string of the molecule is CC(SC(=O)N(C)c1ccncc1)C(=O)O. The fourth-order valence-corrected chi connectivity index (χ4v) is 1.62. The van der Waals surface area contributed by atoms with E-state index in [4.69, 9.17) is 5.11 Å². The molecule has 1 atom stereocenters. The molecule has 0 bridgehead atoms. The van der Waals surface area contributed by atoms with Crippen molar-refractivity contribution in [1.29, 1.82) is 0 Å². The maximum Gasteiger partial charge on any atom is 0.316 e. The Morgan fingerprint density at radius 1 is 1.44 bits per heavy atom. The first-order valence-corrected chi connectivity index (χ1v) is 5.47. The number of carboxylic acids is 1. The zero-order chi connectivity index (χ0) is 12.1. The average molecular weight is 240 g/mol. The minimum absolute atomic E-state index is 0.305. The van der Waals surface area contributed by atoms with E-state index in [2.05, 4.69) is 4.98 Å². The molecule has 1 aromatic rings. The van der Waals surface area contributed by atoms with Crippen molar-refractivity contribution < 1.29 is 14.7 Å². The van der Waals surface area contributed by atoms with Crippen LogP contribution in [-0.2, 0) is 4.79 Å². The van der Waals surface area contributed by atoms with Crippen LogP contribution in [0, 0.1) is 0 Å². The molecule has 1 aromatic heterocycles. The minimum Gasteiger partial charge on any atom is -0.480 e. The second kappa shape index (κ2) is 5.50. The molecule has 0 fully saturated rings. The predicted molar refractivity (Wildman–Crippen MR) is 62.7 cm³/mol. The Hall–Kier alpha value is -1.56. The number of pyridine rings is 1. The Morgan fingerprint density at radius 2 is 2.00 bits per heavy atom. The van der Waals surface area contributed by atoms with Gasteiger partial charge in [-0.15, -0.1) is 0 Å². The van der Waals surface area contributed by atoms with Crippen LogP contribution in [0.2, 0.25) is 0 Å². The number of rotatable bonds is 3. The standard InChI is InChI=1S/C10H12N2O3S/c1-7(9(13)14)16-10(15)12(2)8-3-5-11-6-4-8/h3-7H,1-2H3,(H,13,14). The quantitative estimate of drug-likeness (QED) is 0.873. The van der Waals surface area contributed by atoms with E-state index in [-0.39, 0.29) is 5.24 Å². The predicted octanol–water partition coefficient (Wildman–Crippen LogP) is 1.84. The Bertz CT molecular complexity index is 383. The first kappa shape index (κ1) is 12.5. The van der Waals surface area contributed by atoms with Crippen LogP contribution >= 0.6 is 11.8 Å². The molecule has 5 nitrogen and oxygen atoms in total. The molecule has 86 valence electrons. The van der Waals surface area contributed by atoms with Gasteiger partial charge in [0.2, 0.25) is 0 Å². The number of thioether (sulfide) groups is 1. The van der Waals surface area contributed by atoms with Gasteiger partial charge in [0.1, 0.15) is 5.25 Å². The number of carbonyl (C=O) groups is 2. The number of aromatic nitrogens is 1. The highest BCUT2D eigenvalue weighted by molar-refractivity contribution is 8.14. The highest BCUT2D eigenvalue weighted by atomic mass is 32.2. The van der Waals surface area contributed by atoms with Crippen LogP contribution in [0.1, 0.15) is 6.92 Å². The summed E-state index contributed by atoms with van der Waals surface area (Å²) < 4.78 is 0. The number of anilines is 1. The molecule has 0 aliphatic heterocycles. The van der Waals surface area contributed by atoms with Crippen molar-refractivity contribution >= 4 is 28.7 Å². The van der Waals surface area contributed by atoms with Crippen molar-refractivity contribution in [2.75, 3.05) is 11.9 Å². The summed E-state index contributed by atoms with van der Waals surface area (Å²) in [6.07, 6.45) is 3.15. The molecule has 1 heterocycles. The Kier molecular flexibility index (Phi) is 4.30. The molecule has 0 saturated carbocycles. The van der Waals surface area contributed by atoms with Crippen molar-refractivity contribution in [1.82, 2.24) is 4.98 Å². The molecule has 6 heteroatoms. The molecular weight excluding hydrogens is 228 g/mol. The summed E-state index contributed by atoms with van der Waals surface area (Å²) in [7, 11) is 1.60. The maximum atomic E-state index is 11.7. The monoisotopic (exact) mass is 240 g/mol. The molecule has 0 saturated heterocycles. The minimum atomic E-state index is -0.999. The highest BCUT2D eigenvalue weighted by Gasteiger charge is 2.19. The normalized spacial score (nSPS) is 11.9. The largest absolute Gasteiger partial charge is 0.480 e. The van der Waals surface area contributed by atoms with Crippen LogP contribution < -0.4 is 4.90 Å². The van der Waals surface area contributed by atoms with Crippen LogP contribution in [0.25, 0.3) is 0 Å². The molecular formula is C10H12N2O3S. The van der Waals surface area contributed by atoms with Crippen LogP contribution in [-0.4, -0.2) is 33.6 Å². The fraction of sp³-hybridized carbons (Fsp3) is 0.300. The molecule has 0 aromatic carbocycles. The zero-order valence-corrected chi connectivity index (χ0v) is 9.77. The van der Waals surface area contributed by atoms with Gasteiger partial charge in [0, 0.05) is 25.1 Å². The molecule has 0 aliphatic rings. The summed E-state index contributed by atoms with van der Waals surface area (Å²) in [6.45, 7) is 1.48. The average Bonchev–Trinajstić information content (AvgIpc) is 2.28. The zero-order valence-electron chi connectivity index (χ0n) is 8.95. The van der Waals surface area contributed by atoms with Gasteiger partial charge in [-0.05, 0) is 30.8 Å². The van der Waals surface area contributed by atoms with E-state index >= 15 is 0 Å². The number of aliphatic carboxylic acids is 1. The maximum absolute atomic E-state index is 11.7. The number of carbonyl (C=O) groups excluding carboxylic acids is 1. The topological polar surface area (TPSA) is 70.5 Å². The first-order chi connectivity index (χ1) is 7.52. The van der Waals surface area contributed by atoms with Crippen LogP contribution in [0.5, 0.6) is 0 Å². The van der Waals surface area contributed by atoms with E-state index in [1.165, 1.54) is 11.8 Å². The van der Waals surface area contributed by atoms with Gasteiger partial charge in [0.25, 0.3) is 5.24 Å². The van der Waals surface area contributed by atoms with Crippen LogP contribution in [0.4, 0.5) is 10.5 Å². The third-order valence-corrected chi connectivity index (χ3v) is 2.98. The molecule has 1 N–H and O–H groups in total. The Labute approximate surface area is 97.5 Å². The lowest BCUT2D eigenvalue weighted by molar-refractivity contribution is -0.136. The molecule has 1 unspecified atom stereocenters. The van der Waals surface area contributed by atoms with Crippen molar-refractivity contribution in [2.24, 2.45) is 0 Å². The summed E-state index contributed by atoms with van der Waals surface area (Å²) in [4.78, 5) is 27.5. The van der Waals surface area contributed by atoms with Crippen molar-refractivity contribution in [3.05, 3.63) is 24.5 Å². The van der Waals surface area contributed by atoms with E-state index in [0.717, 1.165) is 11.8 Å². The van der Waals surface area contributed by atoms with E-state index in [0.29, 0.717) is 5.69 Å². The lowest BCUT2D eigenvalue weighted by atomic mass is 10.4. The number of nitrogens with zero attached hydrogens (tertiary/aromatic N) is 2. The van der Waals surface area contributed by atoms with Gasteiger partial charge in [0.15, 0.2) is 0 Å². The number of amides is 1. The third kappa shape index (κ3) is 3.23. The van der Waals surface area contributed by atoms with Gasteiger partial charge < -0.3 is 10.0 Å². The molecule has 1 rings (SSSR count). The summed E-state index contributed by atoms with van der Waals surface area (Å²) >= 11 is 0.778. The van der Waals surface area contributed by atoms with Gasteiger partial charge in [-0.3, -0.25) is 14.6 Å². The molecule has 1 amide bonds. The van der Waals surface area contributed by atoms with E-state index in [1.54, 1.807) is 31.6 Å². The Balaban J connectivity index is 2.65. The molecule has 16 heavy (non-hydrogen) atoms. The summed E-state index contributed by atoms with van der Waals surface area (Å²) in [5, 5.41) is 7.62. The number of hydrogen-bond acceptors (Lipinski definition) is 4. The summed E-state index contributed by atoms with van der Waals surface area (Å²) in [5.74, 6) is -0.999. The van der Waals surface area contributed by atoms with Crippen LogP contribution in [0.15, 0.2) is 24.5 Å². The Morgan fingerprint density at radius 3 is 2.50 bits per heavy atom. The van der Waals surface area contributed by atoms with Crippen molar-refractivity contribution in [3.8, 4) is 0 Å². The lowest BCUT2D eigenvalue weighted by Gasteiger charge is -2.17. The van der Waals surface area contributed by atoms with Crippen molar-refractivity contribution in [2.45, 2.75) is 12.2 Å². The van der Waals surface area contributed by atoms with Gasteiger partial charge in [0.05, 0.1) is 0 Å². The molecule has 0 spiro atoms. The van der Waals surface area contributed by atoms with Gasteiger partial charge in [-0.25, -0.2) is 0 Å². The van der Waals surface area contributed by atoms with Gasteiger partial charge in [-0.2, -0.15) is 0 Å². The second-order valence-electron chi connectivity index (χ2n) is 3.13. The van der Waals surface area contributed by atoms with Crippen LogP contribution in [0.3, 0.4) is 0 Å². The first-order valence-electron chi connectivity index (χ1n) is 4.59. The summed E-state index contributed by atoms with van der Waals surface area (Å²) in [5.41, 5.74) is 0.685. The van der Waals surface area contributed by atoms with E-state index < -0.39 is 11.2 Å². The van der Waals surface area contributed by atoms with Crippen molar-refractivity contribution in [3.63, 3.8) is 0 Å².